The minimum atomic E-state index is -0.130. The molecule has 23 heavy (non-hydrogen) atoms. The summed E-state index contributed by atoms with van der Waals surface area (Å²) < 4.78 is 0. The molecule has 7 atom stereocenters. The number of ketones is 2. The van der Waals surface area contributed by atoms with Gasteiger partial charge >= 0.3 is 0 Å². The molecular formula is C20H26O3. The molecule has 0 aromatic carbocycles. The number of rotatable bonds is 1. The Labute approximate surface area is 137 Å². The second-order valence-corrected chi connectivity index (χ2v) is 9.05. The van der Waals surface area contributed by atoms with Crippen molar-refractivity contribution in [1.29, 1.82) is 0 Å². The second-order valence-electron chi connectivity index (χ2n) is 9.05. The van der Waals surface area contributed by atoms with Crippen LogP contribution in [0.4, 0.5) is 0 Å². The number of carbonyl (C=O) groups is 2. The maximum atomic E-state index is 12.4. The van der Waals surface area contributed by atoms with Crippen molar-refractivity contribution >= 4 is 11.6 Å². The third-order valence-electron chi connectivity index (χ3n) is 8.55. The molecule has 0 heterocycles. The fourth-order valence-corrected chi connectivity index (χ4v) is 7.31. The van der Waals surface area contributed by atoms with E-state index in [1.807, 2.05) is 6.08 Å². The molecule has 0 amide bonds. The summed E-state index contributed by atoms with van der Waals surface area (Å²) in [4.78, 5) is 24.6. The van der Waals surface area contributed by atoms with E-state index in [-0.39, 0.29) is 23.4 Å². The summed E-state index contributed by atoms with van der Waals surface area (Å²) in [5, 5.41) is 10.4. The molecule has 0 bridgehead atoms. The van der Waals surface area contributed by atoms with Gasteiger partial charge in [0.1, 0.15) is 5.78 Å². The highest BCUT2D eigenvalue weighted by Crippen LogP contribution is 2.70. The van der Waals surface area contributed by atoms with Gasteiger partial charge in [0.25, 0.3) is 0 Å². The molecule has 0 aromatic rings. The summed E-state index contributed by atoms with van der Waals surface area (Å²) in [5.41, 5.74) is 1.01. The van der Waals surface area contributed by atoms with Gasteiger partial charge in [-0.3, -0.25) is 9.59 Å². The van der Waals surface area contributed by atoms with E-state index in [0.29, 0.717) is 35.2 Å². The highest BCUT2D eigenvalue weighted by Gasteiger charge is 2.67. The summed E-state index contributed by atoms with van der Waals surface area (Å²) in [5.74, 6) is 2.91. The number of Topliss-reactive ketones (excluding diaryl/α,β-unsaturated/α-hetero) is 1. The standard InChI is InChI=1S/C20H26O3/c1-19-7-6-15-12(14(19)4-5-18(19)23)3-2-11-8-17(22)13-9-16(13)20(11,15)10-21/h8,12-16,21H,2-7,9-10H2,1H3/t12-,13-,14-,15-,16+,19-,20-/m0/s1. The van der Waals surface area contributed by atoms with E-state index in [0.717, 1.165) is 44.9 Å². The smallest absolute Gasteiger partial charge is 0.159 e. The largest absolute Gasteiger partial charge is 0.395 e. The summed E-state index contributed by atoms with van der Waals surface area (Å²) in [7, 11) is 0. The zero-order valence-electron chi connectivity index (χ0n) is 13.9. The third kappa shape index (κ3) is 1.55. The summed E-state index contributed by atoms with van der Waals surface area (Å²) >= 11 is 0. The van der Waals surface area contributed by atoms with Crippen LogP contribution < -0.4 is 0 Å². The van der Waals surface area contributed by atoms with Gasteiger partial charge in [0.05, 0.1) is 6.61 Å². The van der Waals surface area contributed by atoms with E-state index in [1.54, 1.807) is 0 Å². The summed E-state index contributed by atoms with van der Waals surface area (Å²) in [6, 6.07) is 0. The van der Waals surface area contributed by atoms with E-state index in [2.05, 4.69) is 6.92 Å². The Kier molecular flexibility index (Phi) is 2.73. The maximum absolute atomic E-state index is 12.4. The first kappa shape index (κ1) is 14.4. The lowest BCUT2D eigenvalue weighted by atomic mass is 9.46. The van der Waals surface area contributed by atoms with Crippen molar-refractivity contribution in [2.24, 2.45) is 40.4 Å². The van der Waals surface area contributed by atoms with Gasteiger partial charge < -0.3 is 5.11 Å². The topological polar surface area (TPSA) is 54.4 Å². The lowest BCUT2D eigenvalue weighted by Crippen LogP contribution is -2.54. The average Bonchev–Trinajstić information content (AvgIpc) is 3.29. The molecule has 1 N–H and O–H groups in total. The number of hydrogen-bond acceptors (Lipinski definition) is 3. The SMILES string of the molecule is C[C@]12CC[C@H]3[C@@H](CCC4=CC(=O)[C@H]5C[C@H]5[C@@]43CO)[C@@H]1CCC2=O. The first-order valence-corrected chi connectivity index (χ1v) is 9.41. The van der Waals surface area contributed by atoms with Crippen LogP contribution in [0.1, 0.15) is 51.9 Å². The minimum absolute atomic E-state index is 0.105. The molecule has 0 aliphatic heterocycles. The fraction of sp³-hybridized carbons (Fsp3) is 0.800. The van der Waals surface area contributed by atoms with Crippen LogP contribution in [0.25, 0.3) is 0 Å². The van der Waals surface area contributed by atoms with Gasteiger partial charge in [-0.1, -0.05) is 12.5 Å². The van der Waals surface area contributed by atoms with Crippen molar-refractivity contribution in [3.8, 4) is 0 Å². The van der Waals surface area contributed by atoms with Crippen molar-refractivity contribution in [3.63, 3.8) is 0 Å². The Morgan fingerprint density at radius 3 is 2.74 bits per heavy atom. The summed E-state index contributed by atoms with van der Waals surface area (Å²) in [6.45, 7) is 2.40. The first-order chi connectivity index (χ1) is 11.0. The predicted octanol–water partition coefficient (Wildman–Crippen LogP) is 2.92. The van der Waals surface area contributed by atoms with E-state index >= 15 is 0 Å². The molecule has 124 valence electrons. The molecule has 4 saturated carbocycles. The van der Waals surface area contributed by atoms with E-state index in [4.69, 9.17) is 0 Å². The van der Waals surface area contributed by atoms with Crippen LogP contribution in [-0.4, -0.2) is 23.3 Å². The molecule has 0 unspecified atom stereocenters. The lowest BCUT2D eigenvalue weighted by molar-refractivity contribution is -0.134. The third-order valence-corrected chi connectivity index (χ3v) is 8.55. The average molecular weight is 314 g/mol. The Balaban J connectivity index is 1.58. The van der Waals surface area contributed by atoms with Gasteiger partial charge in [0.2, 0.25) is 0 Å². The zero-order valence-corrected chi connectivity index (χ0v) is 13.9. The maximum Gasteiger partial charge on any atom is 0.159 e. The van der Waals surface area contributed by atoms with E-state index in [9.17, 15) is 14.7 Å². The zero-order chi connectivity index (χ0) is 16.0. The molecule has 5 aliphatic rings. The molecule has 5 aliphatic carbocycles. The van der Waals surface area contributed by atoms with Crippen LogP contribution in [0.3, 0.4) is 0 Å². The molecule has 0 radical (unpaired) electrons. The van der Waals surface area contributed by atoms with Crippen LogP contribution >= 0.6 is 0 Å². The number of carbonyl (C=O) groups excluding carboxylic acids is 2. The normalized spacial score (nSPS) is 53.8. The van der Waals surface area contributed by atoms with Gasteiger partial charge in [-0.15, -0.1) is 0 Å². The van der Waals surface area contributed by atoms with Crippen LogP contribution in [0.5, 0.6) is 0 Å². The van der Waals surface area contributed by atoms with Crippen molar-refractivity contribution in [2.75, 3.05) is 6.61 Å². The van der Waals surface area contributed by atoms with Crippen molar-refractivity contribution in [3.05, 3.63) is 11.6 Å². The highest BCUT2D eigenvalue weighted by molar-refractivity contribution is 5.96. The van der Waals surface area contributed by atoms with Gasteiger partial charge in [-0.2, -0.15) is 0 Å². The quantitative estimate of drug-likeness (QED) is 0.809. The second kappa shape index (κ2) is 4.36. The molecule has 5 rings (SSSR count). The van der Waals surface area contributed by atoms with E-state index < -0.39 is 0 Å². The molecule has 0 spiro atoms. The molecule has 4 fully saturated rings. The molecule has 3 heteroatoms. The van der Waals surface area contributed by atoms with Gasteiger partial charge in [-0.05, 0) is 68.3 Å². The molecule has 0 aromatic heterocycles. The Bertz CT molecular complexity index is 635. The number of fused-ring (bicyclic) bond motifs is 7. The van der Waals surface area contributed by atoms with Crippen LogP contribution in [0, 0.1) is 40.4 Å². The monoisotopic (exact) mass is 314 g/mol. The van der Waals surface area contributed by atoms with Gasteiger partial charge in [-0.25, -0.2) is 0 Å². The minimum Gasteiger partial charge on any atom is -0.395 e. The Morgan fingerprint density at radius 1 is 1.13 bits per heavy atom. The van der Waals surface area contributed by atoms with Crippen LogP contribution in [0.2, 0.25) is 0 Å². The summed E-state index contributed by atoms with van der Waals surface area (Å²) in [6.07, 6.45) is 8.77. The highest BCUT2D eigenvalue weighted by atomic mass is 16.3. The Morgan fingerprint density at radius 2 is 1.96 bits per heavy atom. The Hall–Kier alpha value is -0.960. The molecule has 3 nitrogen and oxygen atoms in total. The number of aliphatic hydroxyl groups excluding tert-OH is 1. The molecule has 0 saturated heterocycles. The van der Waals surface area contributed by atoms with E-state index in [1.165, 1.54) is 5.57 Å². The van der Waals surface area contributed by atoms with Crippen molar-refractivity contribution in [2.45, 2.75) is 51.9 Å². The van der Waals surface area contributed by atoms with Gasteiger partial charge in [0, 0.05) is 23.2 Å². The number of hydrogen-bond donors (Lipinski definition) is 1. The fourth-order valence-electron chi connectivity index (χ4n) is 7.31. The molecular weight excluding hydrogens is 288 g/mol. The van der Waals surface area contributed by atoms with Gasteiger partial charge in [0.15, 0.2) is 5.78 Å². The predicted molar refractivity (Wildman–Crippen MR) is 85.5 cm³/mol. The van der Waals surface area contributed by atoms with Crippen molar-refractivity contribution < 1.29 is 14.7 Å². The van der Waals surface area contributed by atoms with Crippen molar-refractivity contribution in [1.82, 2.24) is 0 Å². The first-order valence-electron chi connectivity index (χ1n) is 9.41. The lowest BCUT2D eigenvalue weighted by Gasteiger charge is -2.57. The van der Waals surface area contributed by atoms with Crippen LogP contribution in [-0.2, 0) is 9.59 Å². The van der Waals surface area contributed by atoms with Crippen LogP contribution in [0.15, 0.2) is 11.6 Å². The number of aliphatic hydroxyl groups is 1.